The molecule has 0 fully saturated rings. The first-order chi connectivity index (χ1) is 7.68. The van der Waals surface area contributed by atoms with Crippen LogP contribution in [0, 0.1) is 0 Å². The van der Waals surface area contributed by atoms with Gasteiger partial charge in [-0.3, -0.25) is 0 Å². The molecule has 82 valence electrons. The van der Waals surface area contributed by atoms with E-state index in [1.807, 2.05) is 24.3 Å². The zero-order valence-electron chi connectivity index (χ0n) is 8.11. The topological polar surface area (TPSA) is 63.8 Å². The molecule has 2 aromatic rings. The van der Waals surface area contributed by atoms with Crippen molar-refractivity contribution in [3.8, 4) is 0 Å². The van der Waals surface area contributed by atoms with Crippen LogP contribution in [0.3, 0.4) is 0 Å². The van der Waals surface area contributed by atoms with Crippen molar-refractivity contribution in [2.45, 2.75) is 0 Å². The number of anilines is 3. The minimum absolute atomic E-state index is 0.407. The third-order valence-corrected chi connectivity index (χ3v) is 3.42. The van der Waals surface area contributed by atoms with Crippen molar-refractivity contribution in [1.82, 2.24) is 9.97 Å². The summed E-state index contributed by atoms with van der Waals surface area (Å²) in [6.45, 7) is 0. The van der Waals surface area contributed by atoms with Crippen molar-refractivity contribution < 1.29 is 0 Å². The molecule has 3 N–H and O–H groups in total. The number of aromatic nitrogens is 2. The number of hydrogen-bond acceptors (Lipinski definition) is 4. The van der Waals surface area contributed by atoms with Crippen LogP contribution in [-0.2, 0) is 0 Å². The van der Waals surface area contributed by atoms with E-state index in [-0.39, 0.29) is 0 Å². The summed E-state index contributed by atoms with van der Waals surface area (Å²) < 4.78 is 1.62. The monoisotopic (exact) mass is 342 g/mol. The molecule has 1 aromatic carbocycles. The van der Waals surface area contributed by atoms with Crippen molar-refractivity contribution in [1.29, 1.82) is 0 Å². The average molecular weight is 344 g/mol. The summed E-state index contributed by atoms with van der Waals surface area (Å²) in [4.78, 5) is 7.98. The van der Waals surface area contributed by atoms with E-state index in [4.69, 9.17) is 5.73 Å². The lowest BCUT2D eigenvalue weighted by Crippen LogP contribution is -2.00. The summed E-state index contributed by atoms with van der Waals surface area (Å²) >= 11 is 6.78. The molecule has 1 aromatic heterocycles. The molecule has 0 amide bonds. The smallest absolute Gasteiger partial charge is 0.150 e. The van der Waals surface area contributed by atoms with Crippen LogP contribution >= 0.6 is 31.9 Å². The fourth-order valence-electron chi connectivity index (χ4n) is 1.16. The molecule has 16 heavy (non-hydrogen) atoms. The molecule has 0 bridgehead atoms. The third-order valence-electron chi connectivity index (χ3n) is 1.94. The predicted octanol–water partition coefficient (Wildman–Crippen LogP) is 3.33. The number of nitrogens with zero attached hydrogens (tertiary/aromatic N) is 2. The van der Waals surface area contributed by atoms with Gasteiger partial charge in [0.2, 0.25) is 0 Å². The van der Waals surface area contributed by atoms with E-state index in [1.165, 1.54) is 6.33 Å². The first-order valence-corrected chi connectivity index (χ1v) is 6.04. The van der Waals surface area contributed by atoms with Gasteiger partial charge in [0.05, 0.1) is 5.69 Å². The number of nitrogen functional groups attached to an aromatic ring is 1. The minimum atomic E-state index is 0.407. The van der Waals surface area contributed by atoms with Gasteiger partial charge in [0.1, 0.15) is 22.4 Å². The molecule has 0 unspecified atom stereocenters. The van der Waals surface area contributed by atoms with E-state index in [0.29, 0.717) is 16.1 Å². The second-order valence-corrected chi connectivity index (χ2v) is 4.67. The Kier molecular flexibility index (Phi) is 3.40. The van der Waals surface area contributed by atoms with Gasteiger partial charge in [0.25, 0.3) is 0 Å². The van der Waals surface area contributed by atoms with Gasteiger partial charge >= 0.3 is 0 Å². The number of nitrogens with two attached hydrogens (primary N) is 1. The summed E-state index contributed by atoms with van der Waals surface area (Å²) in [5.74, 6) is 1.05. The summed E-state index contributed by atoms with van der Waals surface area (Å²) in [6.07, 6.45) is 1.42. The van der Waals surface area contributed by atoms with Gasteiger partial charge in [-0.1, -0.05) is 12.1 Å². The lowest BCUT2D eigenvalue weighted by Gasteiger charge is -2.09. The Morgan fingerprint density at radius 2 is 1.88 bits per heavy atom. The highest BCUT2D eigenvalue weighted by Crippen LogP contribution is 2.30. The molecule has 0 aliphatic carbocycles. The Morgan fingerprint density at radius 3 is 2.62 bits per heavy atom. The number of benzene rings is 1. The van der Waals surface area contributed by atoms with E-state index in [2.05, 4.69) is 47.1 Å². The van der Waals surface area contributed by atoms with Crippen molar-refractivity contribution in [2.24, 2.45) is 0 Å². The molecule has 0 aliphatic heterocycles. The van der Waals surface area contributed by atoms with Gasteiger partial charge in [0.15, 0.2) is 0 Å². The maximum absolute atomic E-state index is 5.66. The zero-order valence-corrected chi connectivity index (χ0v) is 11.3. The van der Waals surface area contributed by atoms with E-state index in [9.17, 15) is 0 Å². The second-order valence-electron chi connectivity index (χ2n) is 3.03. The zero-order chi connectivity index (χ0) is 11.5. The summed E-state index contributed by atoms with van der Waals surface area (Å²) in [6, 6.07) is 7.76. The molecule has 0 spiro atoms. The van der Waals surface area contributed by atoms with Gasteiger partial charge in [0, 0.05) is 4.47 Å². The second kappa shape index (κ2) is 4.80. The van der Waals surface area contributed by atoms with Gasteiger partial charge in [-0.25, -0.2) is 9.97 Å². The number of para-hydroxylation sites is 1. The van der Waals surface area contributed by atoms with Gasteiger partial charge < -0.3 is 11.1 Å². The fourth-order valence-corrected chi connectivity index (χ4v) is 1.85. The minimum Gasteiger partial charge on any atom is -0.383 e. The standard InChI is InChI=1S/C10H8Br2N4/c11-6-3-1-2-4-7(6)16-10-8(12)9(13)14-5-15-10/h1-5H,(H3,13,14,15,16). The SMILES string of the molecule is Nc1ncnc(Nc2ccccc2Br)c1Br. The Labute approximate surface area is 110 Å². The lowest BCUT2D eigenvalue weighted by molar-refractivity contribution is 1.16. The molecular formula is C10H8Br2N4. The van der Waals surface area contributed by atoms with Crippen LogP contribution in [0.4, 0.5) is 17.3 Å². The largest absolute Gasteiger partial charge is 0.383 e. The quantitative estimate of drug-likeness (QED) is 0.877. The van der Waals surface area contributed by atoms with Gasteiger partial charge in [-0.15, -0.1) is 0 Å². The lowest BCUT2D eigenvalue weighted by atomic mass is 10.3. The van der Waals surface area contributed by atoms with Crippen molar-refractivity contribution in [3.05, 3.63) is 39.5 Å². The molecule has 0 saturated carbocycles. The molecule has 0 aliphatic rings. The Hall–Kier alpha value is -1.14. The Morgan fingerprint density at radius 1 is 1.12 bits per heavy atom. The number of nitrogens with one attached hydrogen (secondary N) is 1. The molecule has 0 atom stereocenters. The summed E-state index contributed by atoms with van der Waals surface area (Å²) in [5.41, 5.74) is 6.58. The van der Waals surface area contributed by atoms with E-state index < -0.39 is 0 Å². The van der Waals surface area contributed by atoms with E-state index >= 15 is 0 Å². The fraction of sp³-hybridized carbons (Fsp3) is 0. The van der Waals surface area contributed by atoms with Gasteiger partial charge in [-0.05, 0) is 44.0 Å². The normalized spacial score (nSPS) is 10.1. The first-order valence-electron chi connectivity index (χ1n) is 4.46. The van der Waals surface area contributed by atoms with Crippen LogP contribution in [0.15, 0.2) is 39.5 Å². The van der Waals surface area contributed by atoms with Crippen LogP contribution in [0.5, 0.6) is 0 Å². The molecule has 0 saturated heterocycles. The van der Waals surface area contributed by atoms with Crippen LogP contribution < -0.4 is 11.1 Å². The van der Waals surface area contributed by atoms with Crippen LogP contribution in [0.2, 0.25) is 0 Å². The van der Waals surface area contributed by atoms with Gasteiger partial charge in [-0.2, -0.15) is 0 Å². The molecule has 0 radical (unpaired) electrons. The van der Waals surface area contributed by atoms with E-state index in [0.717, 1.165) is 10.2 Å². The van der Waals surface area contributed by atoms with E-state index in [1.54, 1.807) is 0 Å². The number of halogens is 2. The van der Waals surface area contributed by atoms with Crippen molar-refractivity contribution >= 4 is 49.2 Å². The highest BCUT2D eigenvalue weighted by atomic mass is 79.9. The maximum atomic E-state index is 5.66. The molecule has 6 heteroatoms. The maximum Gasteiger partial charge on any atom is 0.150 e. The number of hydrogen-bond donors (Lipinski definition) is 2. The third kappa shape index (κ3) is 2.33. The Balaban J connectivity index is 2.35. The summed E-state index contributed by atoms with van der Waals surface area (Å²) in [5, 5.41) is 3.16. The molecule has 4 nitrogen and oxygen atoms in total. The highest BCUT2D eigenvalue weighted by molar-refractivity contribution is 9.11. The van der Waals surface area contributed by atoms with Crippen LogP contribution in [-0.4, -0.2) is 9.97 Å². The van der Waals surface area contributed by atoms with Crippen molar-refractivity contribution in [3.63, 3.8) is 0 Å². The van der Waals surface area contributed by atoms with Crippen molar-refractivity contribution in [2.75, 3.05) is 11.1 Å². The highest BCUT2D eigenvalue weighted by Gasteiger charge is 2.07. The molecular weight excluding hydrogens is 336 g/mol. The van der Waals surface area contributed by atoms with Crippen LogP contribution in [0.25, 0.3) is 0 Å². The number of rotatable bonds is 2. The average Bonchev–Trinajstić information content (AvgIpc) is 2.28. The van der Waals surface area contributed by atoms with Crippen LogP contribution in [0.1, 0.15) is 0 Å². The summed E-state index contributed by atoms with van der Waals surface area (Å²) in [7, 11) is 0. The Bertz CT molecular complexity index is 516. The molecule has 2 rings (SSSR count). The first kappa shape index (κ1) is 11.3. The molecule has 1 heterocycles. The predicted molar refractivity (Wildman–Crippen MR) is 71.6 cm³/mol.